The minimum Gasteiger partial charge on any atom is -0.445 e. The lowest BCUT2D eigenvalue weighted by atomic mass is 10.0. The average molecular weight is 170 g/mol. The fourth-order valence-corrected chi connectivity index (χ4v) is 2.07. The van der Waals surface area contributed by atoms with E-state index < -0.39 is 0 Å². The molecule has 2 saturated heterocycles. The van der Waals surface area contributed by atoms with Gasteiger partial charge < -0.3 is 10.1 Å². The molecule has 3 atom stereocenters. The molecule has 0 aromatic heterocycles. The van der Waals surface area contributed by atoms with E-state index in [1.165, 1.54) is 13.0 Å². The summed E-state index contributed by atoms with van der Waals surface area (Å²) in [6.45, 7) is 3.22. The van der Waals surface area contributed by atoms with E-state index in [1.54, 1.807) is 7.05 Å². The molecule has 0 aromatic rings. The highest BCUT2D eigenvalue weighted by Gasteiger charge is 2.40. The van der Waals surface area contributed by atoms with Crippen LogP contribution in [-0.4, -0.2) is 43.8 Å². The first-order valence-corrected chi connectivity index (χ1v) is 4.40. The summed E-state index contributed by atoms with van der Waals surface area (Å²) in [5.41, 5.74) is 0. The number of fused-ring (bicyclic) bond motifs is 2. The van der Waals surface area contributed by atoms with Gasteiger partial charge in [-0.15, -0.1) is 0 Å². The molecule has 1 unspecified atom stereocenters. The highest BCUT2D eigenvalue weighted by Crippen LogP contribution is 2.29. The van der Waals surface area contributed by atoms with E-state index in [0.717, 1.165) is 13.1 Å². The van der Waals surface area contributed by atoms with Gasteiger partial charge in [0.15, 0.2) is 0 Å². The Morgan fingerprint density at radius 2 is 2.42 bits per heavy atom. The van der Waals surface area contributed by atoms with Crippen molar-refractivity contribution in [1.82, 2.24) is 10.2 Å². The van der Waals surface area contributed by atoms with Crippen LogP contribution in [0.15, 0.2) is 0 Å². The van der Waals surface area contributed by atoms with E-state index >= 15 is 0 Å². The van der Waals surface area contributed by atoms with Crippen molar-refractivity contribution in [3.63, 3.8) is 0 Å². The summed E-state index contributed by atoms with van der Waals surface area (Å²) in [6.07, 6.45) is 1.02. The zero-order chi connectivity index (χ0) is 8.55. The highest BCUT2D eigenvalue weighted by molar-refractivity contribution is 5.66. The van der Waals surface area contributed by atoms with Crippen LogP contribution in [0.2, 0.25) is 0 Å². The summed E-state index contributed by atoms with van der Waals surface area (Å²) >= 11 is 0. The first-order chi connectivity index (χ1) is 5.79. The van der Waals surface area contributed by atoms with E-state index in [1.807, 2.05) is 0 Å². The maximum Gasteiger partial charge on any atom is 0.407 e. The standard InChI is InChI=1S/C8H14N2O2/c1-9-8(11)12-7-5-10-3-2-6(7)4-10/h6-7H,2-5H2,1H3,(H,9,11)/t6-,7-/m1/s1. The molecule has 1 N–H and O–H groups in total. The number of nitrogens with one attached hydrogen (secondary N) is 1. The third kappa shape index (κ3) is 1.27. The van der Waals surface area contributed by atoms with Crippen LogP contribution in [0.25, 0.3) is 0 Å². The fourth-order valence-electron chi connectivity index (χ4n) is 2.07. The third-order valence-electron chi connectivity index (χ3n) is 2.74. The van der Waals surface area contributed by atoms with Gasteiger partial charge in [-0.3, -0.25) is 4.90 Å². The topological polar surface area (TPSA) is 41.6 Å². The van der Waals surface area contributed by atoms with Crippen LogP contribution in [0.1, 0.15) is 6.42 Å². The normalized spacial score (nSPS) is 38.2. The van der Waals surface area contributed by atoms with Crippen molar-refractivity contribution in [1.29, 1.82) is 0 Å². The van der Waals surface area contributed by atoms with Gasteiger partial charge in [-0.05, 0) is 13.0 Å². The summed E-state index contributed by atoms with van der Waals surface area (Å²) in [6, 6.07) is 0. The van der Waals surface area contributed by atoms with Crippen molar-refractivity contribution >= 4 is 6.09 Å². The summed E-state index contributed by atoms with van der Waals surface area (Å²) in [7, 11) is 1.59. The minimum atomic E-state index is -0.297. The quantitative estimate of drug-likeness (QED) is 0.604. The number of hydrogen-bond donors (Lipinski definition) is 1. The Labute approximate surface area is 71.9 Å². The molecule has 2 aliphatic rings. The summed E-state index contributed by atoms with van der Waals surface area (Å²) in [5.74, 6) is 0.585. The number of carbonyl (C=O) groups is 1. The second-order valence-corrected chi connectivity index (χ2v) is 3.50. The molecule has 68 valence electrons. The van der Waals surface area contributed by atoms with Crippen LogP contribution in [0.5, 0.6) is 0 Å². The summed E-state index contributed by atoms with van der Waals surface area (Å²) in [5, 5.41) is 2.47. The van der Waals surface area contributed by atoms with Crippen LogP contribution < -0.4 is 5.32 Å². The number of hydrogen-bond acceptors (Lipinski definition) is 3. The summed E-state index contributed by atoms with van der Waals surface area (Å²) in [4.78, 5) is 13.2. The Bertz CT molecular complexity index is 195. The monoisotopic (exact) mass is 170 g/mol. The molecule has 4 heteroatoms. The Hall–Kier alpha value is -0.770. The minimum absolute atomic E-state index is 0.138. The van der Waals surface area contributed by atoms with Crippen molar-refractivity contribution in [3.8, 4) is 0 Å². The molecule has 0 aliphatic carbocycles. The Balaban J connectivity index is 1.86. The molecule has 2 aliphatic heterocycles. The third-order valence-corrected chi connectivity index (χ3v) is 2.74. The second kappa shape index (κ2) is 2.94. The second-order valence-electron chi connectivity index (χ2n) is 3.50. The van der Waals surface area contributed by atoms with Crippen molar-refractivity contribution in [2.45, 2.75) is 12.5 Å². The Morgan fingerprint density at radius 1 is 1.58 bits per heavy atom. The highest BCUT2D eigenvalue weighted by atomic mass is 16.6. The van der Waals surface area contributed by atoms with Crippen LogP contribution in [0.4, 0.5) is 4.79 Å². The SMILES string of the molecule is CNC(=O)O[C@@H]1CN2CC[C@@H]1C2. The molecule has 2 bridgehead atoms. The number of rotatable bonds is 1. The largest absolute Gasteiger partial charge is 0.445 e. The molecule has 12 heavy (non-hydrogen) atoms. The van der Waals surface area contributed by atoms with Gasteiger partial charge in [0, 0.05) is 26.1 Å². The van der Waals surface area contributed by atoms with Gasteiger partial charge >= 0.3 is 6.09 Å². The first-order valence-electron chi connectivity index (χ1n) is 4.40. The van der Waals surface area contributed by atoms with E-state index in [9.17, 15) is 4.79 Å². The van der Waals surface area contributed by atoms with Crippen LogP contribution in [0.3, 0.4) is 0 Å². The number of ether oxygens (including phenoxy) is 1. The molecular formula is C8H14N2O2. The van der Waals surface area contributed by atoms with Gasteiger partial charge in [-0.2, -0.15) is 0 Å². The molecule has 0 saturated carbocycles. The Morgan fingerprint density at radius 3 is 2.92 bits per heavy atom. The van der Waals surface area contributed by atoms with Crippen molar-refractivity contribution in [3.05, 3.63) is 0 Å². The maximum absolute atomic E-state index is 10.9. The van der Waals surface area contributed by atoms with Gasteiger partial charge in [-0.1, -0.05) is 0 Å². The molecule has 2 rings (SSSR count). The number of nitrogens with zero attached hydrogens (tertiary/aromatic N) is 1. The van der Waals surface area contributed by atoms with Crippen molar-refractivity contribution < 1.29 is 9.53 Å². The summed E-state index contributed by atoms with van der Waals surface area (Å²) < 4.78 is 5.20. The lowest BCUT2D eigenvalue weighted by molar-refractivity contribution is 0.0702. The zero-order valence-electron chi connectivity index (χ0n) is 7.25. The fraction of sp³-hybridized carbons (Fsp3) is 0.875. The lowest BCUT2D eigenvalue weighted by Crippen LogP contribution is -2.34. The van der Waals surface area contributed by atoms with E-state index in [4.69, 9.17) is 4.74 Å². The Kier molecular flexibility index (Phi) is 1.92. The van der Waals surface area contributed by atoms with Crippen LogP contribution in [0, 0.1) is 5.92 Å². The lowest BCUT2D eigenvalue weighted by Gasteiger charge is -2.21. The molecule has 4 nitrogen and oxygen atoms in total. The number of amides is 1. The molecule has 2 heterocycles. The van der Waals surface area contributed by atoms with Crippen LogP contribution >= 0.6 is 0 Å². The van der Waals surface area contributed by atoms with Gasteiger partial charge in [0.1, 0.15) is 6.10 Å². The molecule has 1 amide bonds. The van der Waals surface area contributed by atoms with E-state index in [2.05, 4.69) is 10.2 Å². The molecule has 0 aromatic carbocycles. The molecule has 2 fully saturated rings. The van der Waals surface area contributed by atoms with Crippen LogP contribution in [-0.2, 0) is 4.74 Å². The number of carbonyl (C=O) groups excluding carboxylic acids is 1. The predicted octanol–water partition coefficient (Wildman–Crippen LogP) is 0.0465. The molecular weight excluding hydrogens is 156 g/mol. The smallest absolute Gasteiger partial charge is 0.407 e. The van der Waals surface area contributed by atoms with Crippen molar-refractivity contribution in [2.24, 2.45) is 5.92 Å². The van der Waals surface area contributed by atoms with Gasteiger partial charge in [0.2, 0.25) is 0 Å². The van der Waals surface area contributed by atoms with E-state index in [0.29, 0.717) is 5.92 Å². The van der Waals surface area contributed by atoms with E-state index in [-0.39, 0.29) is 12.2 Å². The van der Waals surface area contributed by atoms with Crippen molar-refractivity contribution in [2.75, 3.05) is 26.7 Å². The number of piperidine rings is 1. The van der Waals surface area contributed by atoms with Gasteiger partial charge in [0.05, 0.1) is 0 Å². The zero-order valence-corrected chi connectivity index (χ0v) is 7.25. The first kappa shape index (κ1) is 7.86. The van der Waals surface area contributed by atoms with Gasteiger partial charge in [0.25, 0.3) is 0 Å². The predicted molar refractivity (Wildman–Crippen MR) is 43.9 cm³/mol. The average Bonchev–Trinajstić information content (AvgIpc) is 2.64. The maximum atomic E-state index is 10.9. The molecule has 0 spiro atoms. The number of alkyl carbamates (subject to hydrolysis) is 1. The molecule has 0 radical (unpaired) electrons. The van der Waals surface area contributed by atoms with Gasteiger partial charge in [-0.25, -0.2) is 4.79 Å².